The molecule has 0 spiro atoms. The smallest absolute Gasteiger partial charge is 0.173 e. The summed E-state index contributed by atoms with van der Waals surface area (Å²) in [4.78, 5) is 5.91. The van der Waals surface area contributed by atoms with Crippen molar-refractivity contribution in [2.75, 3.05) is 0 Å². The van der Waals surface area contributed by atoms with Crippen LogP contribution in [0.15, 0.2) is 53.4 Å². The first-order valence-electron chi connectivity index (χ1n) is 6.80. The summed E-state index contributed by atoms with van der Waals surface area (Å²) in [5.74, 6) is 1.70. The van der Waals surface area contributed by atoms with Gasteiger partial charge in [0.2, 0.25) is 0 Å². The Morgan fingerprint density at radius 3 is 2.57 bits per heavy atom. The Hall–Kier alpha value is -1.65. The molecule has 1 aromatic heterocycles. The molecule has 21 heavy (non-hydrogen) atoms. The normalized spacial score (nSPS) is 10.8. The number of nitrogens with zero attached hydrogens (tertiary/aromatic N) is 2. The highest BCUT2D eigenvalue weighted by molar-refractivity contribution is 7.98. The summed E-state index contributed by atoms with van der Waals surface area (Å²) in [7, 11) is 0. The zero-order valence-corrected chi connectivity index (χ0v) is 13.7. The fourth-order valence-corrected chi connectivity index (χ4v) is 3.64. The first-order valence-corrected chi connectivity index (χ1v) is 8.56. The van der Waals surface area contributed by atoms with E-state index in [1.807, 2.05) is 0 Å². The molecule has 0 radical (unpaired) electrons. The van der Waals surface area contributed by atoms with Crippen LogP contribution in [0.3, 0.4) is 0 Å². The van der Waals surface area contributed by atoms with E-state index in [0.717, 1.165) is 22.1 Å². The van der Waals surface area contributed by atoms with E-state index in [1.54, 1.807) is 11.8 Å². The molecule has 3 aromatic rings. The first kappa shape index (κ1) is 14.3. The highest BCUT2D eigenvalue weighted by Crippen LogP contribution is 2.26. The fourth-order valence-electron chi connectivity index (χ4n) is 1.98. The predicted molar refractivity (Wildman–Crippen MR) is 90.8 cm³/mol. The van der Waals surface area contributed by atoms with Crippen LogP contribution in [0.2, 0.25) is 0 Å². The number of hydrogen-bond donors (Lipinski definition) is 0. The molecule has 0 aliphatic carbocycles. The lowest BCUT2D eigenvalue weighted by Gasteiger charge is -2.00. The van der Waals surface area contributed by atoms with Crippen molar-refractivity contribution >= 4 is 23.3 Å². The van der Waals surface area contributed by atoms with Gasteiger partial charge in [0, 0.05) is 10.5 Å². The van der Waals surface area contributed by atoms with E-state index in [0.29, 0.717) is 0 Å². The second-order valence-corrected chi connectivity index (χ2v) is 6.87. The lowest BCUT2D eigenvalue weighted by molar-refractivity contribution is 1.23. The van der Waals surface area contributed by atoms with Crippen LogP contribution in [-0.4, -0.2) is 9.36 Å². The molecule has 2 nitrogen and oxygen atoms in total. The molecule has 0 saturated carbocycles. The predicted octanol–water partition coefficient (Wildman–Crippen LogP) is 5.11. The van der Waals surface area contributed by atoms with E-state index in [-0.39, 0.29) is 0 Å². The summed E-state index contributed by atoms with van der Waals surface area (Å²) in [5, 5.41) is 1.07. The van der Waals surface area contributed by atoms with Crippen LogP contribution in [0.25, 0.3) is 11.4 Å². The third-order valence-electron chi connectivity index (χ3n) is 3.13. The van der Waals surface area contributed by atoms with Gasteiger partial charge in [0.05, 0.1) is 5.75 Å². The molecular formula is C17H16N2S2. The summed E-state index contributed by atoms with van der Waals surface area (Å²) in [6, 6.07) is 16.9. The summed E-state index contributed by atoms with van der Waals surface area (Å²) in [6.45, 7) is 4.20. The fraction of sp³-hybridized carbons (Fsp3) is 0.176. The van der Waals surface area contributed by atoms with Crippen LogP contribution in [0, 0.1) is 13.8 Å². The Labute approximate surface area is 133 Å². The third-order valence-corrected chi connectivity index (χ3v) is 5.03. The topological polar surface area (TPSA) is 25.8 Å². The molecule has 4 heteroatoms. The van der Waals surface area contributed by atoms with Gasteiger partial charge < -0.3 is 0 Å². The Morgan fingerprint density at radius 2 is 1.81 bits per heavy atom. The van der Waals surface area contributed by atoms with Crippen LogP contribution in [0.5, 0.6) is 0 Å². The lowest BCUT2D eigenvalue weighted by Crippen LogP contribution is -1.83. The summed E-state index contributed by atoms with van der Waals surface area (Å²) in [6.07, 6.45) is 0. The van der Waals surface area contributed by atoms with E-state index in [9.17, 15) is 0 Å². The maximum absolute atomic E-state index is 4.63. The Bertz CT molecular complexity index is 733. The minimum atomic E-state index is 0.833. The quantitative estimate of drug-likeness (QED) is 0.626. The molecule has 3 rings (SSSR count). The highest BCUT2D eigenvalue weighted by Gasteiger charge is 2.07. The Balaban J connectivity index is 1.69. The van der Waals surface area contributed by atoms with Gasteiger partial charge in [-0.1, -0.05) is 47.5 Å². The first-order chi connectivity index (χ1) is 10.2. The number of thioether (sulfide) groups is 1. The van der Waals surface area contributed by atoms with Crippen molar-refractivity contribution in [1.82, 2.24) is 9.36 Å². The SMILES string of the molecule is Cc1ccc(-c2nsc(CSc3cccc(C)c3)n2)cc1. The van der Waals surface area contributed by atoms with Gasteiger partial charge >= 0.3 is 0 Å². The van der Waals surface area contributed by atoms with E-state index in [4.69, 9.17) is 0 Å². The molecule has 0 fully saturated rings. The van der Waals surface area contributed by atoms with Gasteiger partial charge in [0.25, 0.3) is 0 Å². The largest absolute Gasteiger partial charge is 0.219 e. The second kappa shape index (κ2) is 6.41. The van der Waals surface area contributed by atoms with Gasteiger partial charge in [-0.2, -0.15) is 4.37 Å². The van der Waals surface area contributed by atoms with Gasteiger partial charge in [-0.15, -0.1) is 11.8 Å². The molecule has 0 bridgehead atoms. The van der Waals surface area contributed by atoms with E-state index >= 15 is 0 Å². The van der Waals surface area contributed by atoms with Gasteiger partial charge in [-0.25, -0.2) is 4.98 Å². The molecule has 0 saturated heterocycles. The molecule has 0 N–H and O–H groups in total. The average molecular weight is 312 g/mol. The van der Waals surface area contributed by atoms with Crippen molar-refractivity contribution in [3.05, 3.63) is 64.7 Å². The summed E-state index contributed by atoms with van der Waals surface area (Å²) in [5.41, 5.74) is 3.63. The number of hydrogen-bond acceptors (Lipinski definition) is 4. The van der Waals surface area contributed by atoms with E-state index in [1.165, 1.54) is 27.6 Å². The van der Waals surface area contributed by atoms with E-state index in [2.05, 4.69) is 71.7 Å². The van der Waals surface area contributed by atoms with Crippen molar-refractivity contribution in [2.45, 2.75) is 24.5 Å². The van der Waals surface area contributed by atoms with Crippen LogP contribution in [0.4, 0.5) is 0 Å². The molecular weight excluding hydrogens is 296 g/mol. The maximum Gasteiger partial charge on any atom is 0.173 e. The van der Waals surface area contributed by atoms with Crippen LogP contribution >= 0.6 is 23.3 Å². The van der Waals surface area contributed by atoms with Crippen LogP contribution in [-0.2, 0) is 5.75 Å². The van der Waals surface area contributed by atoms with Crippen molar-refractivity contribution in [3.8, 4) is 11.4 Å². The molecule has 0 unspecified atom stereocenters. The minimum absolute atomic E-state index is 0.833. The van der Waals surface area contributed by atoms with Crippen molar-refractivity contribution in [3.63, 3.8) is 0 Å². The number of benzene rings is 2. The Morgan fingerprint density at radius 1 is 1.00 bits per heavy atom. The van der Waals surface area contributed by atoms with Gasteiger partial charge in [0.15, 0.2) is 5.82 Å². The average Bonchev–Trinajstić information content (AvgIpc) is 2.95. The number of aromatic nitrogens is 2. The minimum Gasteiger partial charge on any atom is -0.219 e. The lowest BCUT2D eigenvalue weighted by atomic mass is 10.1. The Kier molecular flexibility index (Phi) is 4.36. The zero-order valence-electron chi connectivity index (χ0n) is 12.0. The van der Waals surface area contributed by atoms with Crippen LogP contribution in [0.1, 0.15) is 16.1 Å². The summed E-state index contributed by atoms with van der Waals surface area (Å²) >= 11 is 3.30. The number of aryl methyl sites for hydroxylation is 2. The van der Waals surface area contributed by atoms with Gasteiger partial charge in [-0.3, -0.25) is 0 Å². The van der Waals surface area contributed by atoms with Gasteiger partial charge in [0.1, 0.15) is 5.01 Å². The monoisotopic (exact) mass is 312 g/mol. The molecule has 0 atom stereocenters. The molecule has 1 heterocycles. The standard InChI is InChI=1S/C17H16N2S2/c1-12-6-8-14(9-7-12)17-18-16(21-19-17)11-20-15-5-3-4-13(2)10-15/h3-10H,11H2,1-2H3. The maximum atomic E-state index is 4.63. The highest BCUT2D eigenvalue weighted by atomic mass is 32.2. The van der Waals surface area contributed by atoms with Gasteiger partial charge in [-0.05, 0) is 37.5 Å². The molecule has 2 aromatic carbocycles. The van der Waals surface area contributed by atoms with Crippen molar-refractivity contribution in [1.29, 1.82) is 0 Å². The molecule has 106 valence electrons. The van der Waals surface area contributed by atoms with Crippen molar-refractivity contribution in [2.24, 2.45) is 0 Å². The molecule has 0 aliphatic heterocycles. The van der Waals surface area contributed by atoms with Crippen molar-refractivity contribution < 1.29 is 0 Å². The molecule has 0 amide bonds. The summed E-state index contributed by atoms with van der Waals surface area (Å²) < 4.78 is 4.46. The number of rotatable bonds is 4. The second-order valence-electron chi connectivity index (χ2n) is 4.98. The third kappa shape index (κ3) is 3.71. The molecule has 0 aliphatic rings. The van der Waals surface area contributed by atoms with Crippen LogP contribution < -0.4 is 0 Å². The van der Waals surface area contributed by atoms with E-state index < -0.39 is 0 Å². The zero-order chi connectivity index (χ0) is 14.7.